The van der Waals surface area contributed by atoms with E-state index in [9.17, 15) is 23.1 Å². The van der Waals surface area contributed by atoms with Crippen LogP contribution < -0.4 is 14.2 Å². The summed E-state index contributed by atoms with van der Waals surface area (Å²) in [5.41, 5.74) is -0.775. The van der Waals surface area contributed by atoms with Crippen molar-refractivity contribution in [3.8, 4) is 11.5 Å². The Hall–Kier alpha value is -3.37. The maximum absolute atomic E-state index is 13.4. The Balaban J connectivity index is 2.06. The molecule has 2 N–H and O–H groups in total. The molecule has 1 unspecified atom stereocenters. The molecular formula is C23H25NO8S. The number of carbonyl (C=O) groups is 2. The van der Waals surface area contributed by atoms with Gasteiger partial charge in [0.05, 0.1) is 36.9 Å². The van der Waals surface area contributed by atoms with Gasteiger partial charge in [0.15, 0.2) is 5.78 Å². The van der Waals surface area contributed by atoms with Gasteiger partial charge in [0.2, 0.25) is 0 Å². The van der Waals surface area contributed by atoms with Crippen molar-refractivity contribution in [1.29, 1.82) is 0 Å². The van der Waals surface area contributed by atoms with Crippen molar-refractivity contribution in [3.05, 3.63) is 65.4 Å². The molecule has 2 aromatic rings. The van der Waals surface area contributed by atoms with Crippen molar-refractivity contribution >= 4 is 21.8 Å². The molecule has 1 atom stereocenters. The van der Waals surface area contributed by atoms with E-state index in [1.165, 1.54) is 64.5 Å². The lowest BCUT2D eigenvalue weighted by Crippen LogP contribution is -2.47. The fourth-order valence-corrected chi connectivity index (χ4v) is 4.34. The number of esters is 1. The largest absolute Gasteiger partial charge is 0.497 e. The molecule has 1 heterocycles. The monoisotopic (exact) mass is 475 g/mol. The second-order valence-electron chi connectivity index (χ2n) is 7.93. The Morgan fingerprint density at radius 3 is 2.42 bits per heavy atom. The van der Waals surface area contributed by atoms with Gasteiger partial charge in [0.1, 0.15) is 23.0 Å². The lowest BCUT2D eigenvalue weighted by Gasteiger charge is -2.36. The quantitative estimate of drug-likeness (QED) is 0.461. The van der Waals surface area contributed by atoms with Crippen LogP contribution in [-0.2, 0) is 26.2 Å². The van der Waals surface area contributed by atoms with E-state index in [4.69, 9.17) is 14.2 Å². The highest BCUT2D eigenvalue weighted by molar-refractivity contribution is 7.89. The number of aliphatic hydroxyl groups is 1. The van der Waals surface area contributed by atoms with Crippen LogP contribution in [0.3, 0.4) is 0 Å². The average molecular weight is 476 g/mol. The number of ether oxygens (including phenoxy) is 3. The minimum absolute atomic E-state index is 0.0453. The van der Waals surface area contributed by atoms with Crippen molar-refractivity contribution in [2.24, 2.45) is 5.41 Å². The van der Waals surface area contributed by atoms with Crippen LogP contribution in [0.5, 0.6) is 11.5 Å². The molecule has 0 saturated heterocycles. The third kappa shape index (κ3) is 4.71. The van der Waals surface area contributed by atoms with Gasteiger partial charge in [0, 0.05) is 6.20 Å². The van der Waals surface area contributed by atoms with Crippen LogP contribution >= 0.6 is 0 Å². The van der Waals surface area contributed by atoms with Crippen LogP contribution in [0.4, 0.5) is 0 Å². The second kappa shape index (κ2) is 9.24. The van der Waals surface area contributed by atoms with E-state index in [0.29, 0.717) is 11.3 Å². The molecule has 0 aliphatic carbocycles. The summed E-state index contributed by atoms with van der Waals surface area (Å²) in [6, 6.07) is 10.3. The molecule has 0 amide bonds. The van der Waals surface area contributed by atoms with Crippen LogP contribution in [0.2, 0.25) is 0 Å². The first-order chi connectivity index (χ1) is 15.5. The lowest BCUT2D eigenvalue weighted by molar-refractivity contribution is -0.154. The number of ketones is 1. The van der Waals surface area contributed by atoms with Gasteiger partial charge >= 0.3 is 5.97 Å². The predicted molar refractivity (Wildman–Crippen MR) is 118 cm³/mol. The molecule has 33 heavy (non-hydrogen) atoms. The summed E-state index contributed by atoms with van der Waals surface area (Å²) in [7, 11) is -1.36. The van der Waals surface area contributed by atoms with Gasteiger partial charge in [-0.2, -0.15) is 0 Å². The van der Waals surface area contributed by atoms with E-state index < -0.39 is 33.3 Å². The van der Waals surface area contributed by atoms with Crippen molar-refractivity contribution in [1.82, 2.24) is 4.72 Å². The number of Topliss-reactive ketones (excluding diaryl/α,β-unsaturated/α-hetero) is 1. The number of nitrogens with one attached hydrogen (secondary N) is 1. The zero-order chi connectivity index (χ0) is 24.4. The van der Waals surface area contributed by atoms with Gasteiger partial charge in [-0.15, -0.1) is 0 Å². The topological polar surface area (TPSA) is 128 Å². The molecule has 9 nitrogen and oxygen atoms in total. The molecule has 0 radical (unpaired) electrons. The lowest BCUT2D eigenvalue weighted by atomic mass is 9.78. The standard InChI is InChI=1S/C23H25NO8S/c1-23(2,22(27)31-4)21-18(20(26)17-11-14(13-25)5-10-19(17)32-21)12-24-33(28,29)16-8-6-15(30-3)7-9-16/h5-12,21,24-25H,13H2,1-4H3/b18-12+. The summed E-state index contributed by atoms with van der Waals surface area (Å²) in [6.07, 6.45) is -0.102. The number of carbonyl (C=O) groups excluding carboxylic acids is 2. The van der Waals surface area contributed by atoms with Crippen molar-refractivity contribution in [3.63, 3.8) is 0 Å². The smallest absolute Gasteiger partial charge is 0.315 e. The first kappa shape index (κ1) is 24.3. The Morgan fingerprint density at radius 1 is 1.18 bits per heavy atom. The van der Waals surface area contributed by atoms with Crippen LogP contribution in [0, 0.1) is 5.41 Å². The summed E-state index contributed by atoms with van der Waals surface area (Å²) in [5.74, 6) is -0.473. The number of sulfonamides is 1. The molecule has 0 bridgehead atoms. The highest BCUT2D eigenvalue weighted by Crippen LogP contribution is 2.39. The maximum atomic E-state index is 13.4. The van der Waals surface area contributed by atoms with Gasteiger partial charge in [-0.25, -0.2) is 8.42 Å². The molecule has 3 rings (SSSR count). The SMILES string of the molecule is COC(=O)C(C)(C)C1Oc2ccc(CO)cc2C(=O)/C1=C\NS(=O)(=O)c1ccc(OC)cc1. The van der Waals surface area contributed by atoms with E-state index in [1.54, 1.807) is 6.07 Å². The van der Waals surface area contributed by atoms with Crippen LogP contribution in [0.15, 0.2) is 59.1 Å². The first-order valence-corrected chi connectivity index (χ1v) is 11.4. The average Bonchev–Trinajstić information content (AvgIpc) is 2.82. The summed E-state index contributed by atoms with van der Waals surface area (Å²) >= 11 is 0. The Labute approximate surface area is 192 Å². The Morgan fingerprint density at radius 2 is 1.85 bits per heavy atom. The van der Waals surface area contributed by atoms with E-state index in [-0.39, 0.29) is 28.4 Å². The number of hydrogen-bond donors (Lipinski definition) is 2. The normalized spacial score (nSPS) is 17.2. The minimum Gasteiger partial charge on any atom is -0.497 e. The van der Waals surface area contributed by atoms with Crippen molar-refractivity contribution < 1.29 is 37.3 Å². The molecule has 0 saturated carbocycles. The molecule has 1 aliphatic rings. The van der Waals surface area contributed by atoms with Crippen LogP contribution in [0.1, 0.15) is 29.8 Å². The first-order valence-electron chi connectivity index (χ1n) is 9.95. The maximum Gasteiger partial charge on any atom is 0.315 e. The molecule has 10 heteroatoms. The fourth-order valence-electron chi connectivity index (χ4n) is 3.43. The summed E-state index contributed by atoms with van der Waals surface area (Å²) < 4.78 is 43.8. The van der Waals surface area contributed by atoms with Crippen molar-refractivity contribution in [2.45, 2.75) is 31.5 Å². The molecule has 176 valence electrons. The second-order valence-corrected chi connectivity index (χ2v) is 9.64. The van der Waals surface area contributed by atoms with Gasteiger partial charge in [0.25, 0.3) is 10.0 Å². The van der Waals surface area contributed by atoms with Gasteiger partial charge < -0.3 is 19.3 Å². The van der Waals surface area contributed by atoms with Crippen molar-refractivity contribution in [2.75, 3.05) is 14.2 Å². The zero-order valence-electron chi connectivity index (χ0n) is 18.6. The molecule has 1 aliphatic heterocycles. The van der Waals surface area contributed by atoms with E-state index in [1.807, 2.05) is 0 Å². The number of hydrogen-bond acceptors (Lipinski definition) is 8. The summed E-state index contributed by atoms with van der Waals surface area (Å²) in [4.78, 5) is 25.8. The van der Waals surface area contributed by atoms with E-state index in [0.717, 1.165) is 6.20 Å². The zero-order valence-corrected chi connectivity index (χ0v) is 19.4. The summed E-state index contributed by atoms with van der Waals surface area (Å²) in [6.45, 7) is 2.78. The summed E-state index contributed by atoms with van der Waals surface area (Å²) in [5, 5.41) is 9.42. The van der Waals surface area contributed by atoms with E-state index in [2.05, 4.69) is 4.72 Å². The van der Waals surface area contributed by atoms with Crippen LogP contribution in [0.25, 0.3) is 0 Å². The fraction of sp³-hybridized carbons (Fsp3) is 0.304. The van der Waals surface area contributed by atoms with E-state index >= 15 is 0 Å². The van der Waals surface area contributed by atoms with Gasteiger partial charge in [-0.1, -0.05) is 6.07 Å². The Kier molecular flexibility index (Phi) is 6.80. The number of benzene rings is 2. The molecule has 0 aromatic heterocycles. The third-order valence-corrected chi connectivity index (χ3v) is 6.69. The van der Waals surface area contributed by atoms with Crippen LogP contribution in [-0.4, -0.2) is 45.6 Å². The number of fused-ring (bicyclic) bond motifs is 1. The van der Waals surface area contributed by atoms with Gasteiger partial charge in [-0.05, 0) is 55.8 Å². The number of rotatable bonds is 7. The Bertz CT molecular complexity index is 1200. The predicted octanol–water partition coefficient (Wildman–Crippen LogP) is 2.19. The molecule has 2 aromatic carbocycles. The molecule has 0 fully saturated rings. The molecule has 0 spiro atoms. The third-order valence-electron chi connectivity index (χ3n) is 5.37. The minimum atomic E-state index is -4.04. The highest BCUT2D eigenvalue weighted by Gasteiger charge is 2.47. The number of aliphatic hydroxyl groups excluding tert-OH is 1. The van der Waals surface area contributed by atoms with Gasteiger partial charge in [-0.3, -0.25) is 14.3 Å². The highest BCUT2D eigenvalue weighted by atomic mass is 32.2. The molecular weight excluding hydrogens is 450 g/mol. The number of methoxy groups -OCH3 is 2.